The van der Waals surface area contributed by atoms with Crippen molar-refractivity contribution in [3.63, 3.8) is 0 Å². The molecule has 0 saturated heterocycles. The topological polar surface area (TPSA) is 55.0 Å². The summed E-state index contributed by atoms with van der Waals surface area (Å²) in [7, 11) is 1.44. The van der Waals surface area contributed by atoms with Crippen molar-refractivity contribution in [1.29, 1.82) is 0 Å². The van der Waals surface area contributed by atoms with Gasteiger partial charge in [0.05, 0.1) is 13.5 Å². The van der Waals surface area contributed by atoms with Crippen molar-refractivity contribution in [2.45, 2.75) is 56.8 Å². The van der Waals surface area contributed by atoms with E-state index in [0.29, 0.717) is 18.3 Å². The van der Waals surface area contributed by atoms with Gasteiger partial charge < -0.3 is 9.72 Å². The number of carbonyl (C=O) groups excluding carboxylic acids is 1. The molecule has 1 aromatic rings. The Balaban J connectivity index is 1.51. The highest BCUT2D eigenvalue weighted by Crippen LogP contribution is 2.60. The lowest BCUT2D eigenvalue weighted by Gasteiger charge is -2.56. The molecule has 5 rings (SSSR count). The second-order valence-corrected chi connectivity index (χ2v) is 7.53. The van der Waals surface area contributed by atoms with E-state index in [1.54, 1.807) is 0 Å². The lowest BCUT2D eigenvalue weighted by atomic mass is 9.49. The molecule has 0 spiro atoms. The minimum atomic E-state index is -0.152. The number of carbonyl (C=O) groups is 1. The van der Waals surface area contributed by atoms with Gasteiger partial charge in [0.1, 0.15) is 5.82 Å². The maximum absolute atomic E-state index is 11.3. The Labute approximate surface area is 125 Å². The number of rotatable bonds is 4. The van der Waals surface area contributed by atoms with Crippen molar-refractivity contribution < 1.29 is 9.53 Å². The molecule has 0 amide bonds. The van der Waals surface area contributed by atoms with Crippen LogP contribution in [0.25, 0.3) is 0 Å². The summed E-state index contributed by atoms with van der Waals surface area (Å²) in [6, 6.07) is 0. The molecule has 0 unspecified atom stereocenters. The Bertz CT molecular complexity index is 513. The molecule has 4 heteroatoms. The number of nitrogens with zero attached hydrogens (tertiary/aromatic N) is 1. The summed E-state index contributed by atoms with van der Waals surface area (Å²) in [5.74, 6) is 3.84. The van der Waals surface area contributed by atoms with E-state index in [4.69, 9.17) is 9.72 Å². The van der Waals surface area contributed by atoms with Crippen molar-refractivity contribution in [2.75, 3.05) is 7.11 Å². The highest BCUT2D eigenvalue weighted by Gasteiger charge is 2.52. The number of nitrogens with one attached hydrogen (secondary N) is 1. The highest BCUT2D eigenvalue weighted by atomic mass is 16.5. The third kappa shape index (κ3) is 2.29. The summed E-state index contributed by atoms with van der Waals surface area (Å²) in [5, 5.41) is 0. The number of ether oxygens (including phenoxy) is 1. The van der Waals surface area contributed by atoms with Gasteiger partial charge in [-0.1, -0.05) is 0 Å². The molecule has 0 aromatic carbocycles. The third-order valence-corrected chi connectivity index (χ3v) is 6.00. The van der Waals surface area contributed by atoms with Gasteiger partial charge in [0.25, 0.3) is 0 Å². The average Bonchev–Trinajstić information content (AvgIpc) is 2.93. The van der Waals surface area contributed by atoms with Crippen LogP contribution in [0.1, 0.15) is 56.5 Å². The zero-order valence-corrected chi connectivity index (χ0v) is 12.7. The van der Waals surface area contributed by atoms with Crippen LogP contribution < -0.4 is 0 Å². The van der Waals surface area contributed by atoms with Crippen LogP contribution in [-0.2, 0) is 21.4 Å². The first-order chi connectivity index (χ1) is 10.2. The van der Waals surface area contributed by atoms with E-state index in [1.807, 2.05) is 6.20 Å². The van der Waals surface area contributed by atoms with Gasteiger partial charge in [0, 0.05) is 17.3 Å². The number of hydrogen-bond acceptors (Lipinski definition) is 3. The van der Waals surface area contributed by atoms with Crippen molar-refractivity contribution >= 4 is 5.97 Å². The summed E-state index contributed by atoms with van der Waals surface area (Å²) in [4.78, 5) is 19.5. The van der Waals surface area contributed by atoms with Crippen LogP contribution in [0, 0.1) is 17.8 Å². The Kier molecular flexibility index (Phi) is 3.09. The molecule has 21 heavy (non-hydrogen) atoms. The first-order valence-electron chi connectivity index (χ1n) is 8.28. The van der Waals surface area contributed by atoms with Crippen molar-refractivity contribution in [1.82, 2.24) is 9.97 Å². The molecule has 1 aromatic heterocycles. The average molecular weight is 288 g/mol. The number of aryl methyl sites for hydroxylation is 1. The predicted molar refractivity (Wildman–Crippen MR) is 78.8 cm³/mol. The second-order valence-electron chi connectivity index (χ2n) is 7.53. The highest BCUT2D eigenvalue weighted by molar-refractivity contribution is 5.69. The van der Waals surface area contributed by atoms with E-state index in [9.17, 15) is 4.79 Å². The molecule has 4 aliphatic carbocycles. The number of methoxy groups -OCH3 is 1. The number of esters is 1. The first-order valence-corrected chi connectivity index (χ1v) is 8.28. The molecule has 4 aliphatic rings. The molecular weight excluding hydrogens is 264 g/mol. The first kappa shape index (κ1) is 13.4. The number of imidazole rings is 1. The summed E-state index contributed by atoms with van der Waals surface area (Å²) in [6.07, 6.45) is 11.4. The van der Waals surface area contributed by atoms with Gasteiger partial charge in [-0.25, -0.2) is 4.98 Å². The number of hydrogen-bond donors (Lipinski definition) is 1. The molecule has 1 heterocycles. The SMILES string of the molecule is COC(=O)CCc1cnc(C23CC4CC(CC(C4)C2)C3)[nH]1. The molecule has 4 nitrogen and oxygen atoms in total. The minimum Gasteiger partial charge on any atom is -0.469 e. The van der Waals surface area contributed by atoms with E-state index in [2.05, 4.69) is 4.98 Å². The predicted octanol–water partition coefficient (Wildman–Crippen LogP) is 2.98. The molecule has 4 bridgehead atoms. The van der Waals surface area contributed by atoms with Gasteiger partial charge in [-0.05, 0) is 62.7 Å². The maximum Gasteiger partial charge on any atom is 0.305 e. The molecule has 1 N–H and O–H groups in total. The van der Waals surface area contributed by atoms with Gasteiger partial charge in [-0.3, -0.25) is 4.79 Å². The lowest BCUT2D eigenvalue weighted by molar-refractivity contribution is -0.140. The number of H-pyrrole nitrogens is 1. The number of aromatic nitrogens is 2. The molecule has 114 valence electrons. The van der Waals surface area contributed by atoms with Gasteiger partial charge in [-0.15, -0.1) is 0 Å². The molecule has 4 fully saturated rings. The monoisotopic (exact) mass is 288 g/mol. The third-order valence-electron chi connectivity index (χ3n) is 6.00. The van der Waals surface area contributed by atoms with Crippen LogP contribution in [0.2, 0.25) is 0 Å². The van der Waals surface area contributed by atoms with Crippen LogP contribution in [0.15, 0.2) is 6.20 Å². The standard InChI is InChI=1S/C17H24N2O2/c1-21-15(20)3-2-14-10-18-16(19-14)17-7-11-4-12(8-17)6-13(5-11)9-17/h10-13H,2-9H2,1H3,(H,18,19). The van der Waals surface area contributed by atoms with E-state index in [1.165, 1.54) is 51.5 Å². The minimum absolute atomic E-state index is 0.152. The lowest BCUT2D eigenvalue weighted by Crippen LogP contribution is -2.49. The van der Waals surface area contributed by atoms with Crippen LogP contribution >= 0.6 is 0 Å². The van der Waals surface area contributed by atoms with E-state index in [-0.39, 0.29) is 5.97 Å². The second kappa shape index (κ2) is 4.85. The largest absolute Gasteiger partial charge is 0.469 e. The molecule has 4 saturated carbocycles. The summed E-state index contributed by atoms with van der Waals surface area (Å²) in [5.41, 5.74) is 1.39. The fourth-order valence-electron chi connectivity index (χ4n) is 5.50. The van der Waals surface area contributed by atoms with Crippen LogP contribution in [0.3, 0.4) is 0 Å². The number of aromatic amines is 1. The van der Waals surface area contributed by atoms with Crippen molar-refractivity contribution in [3.8, 4) is 0 Å². The smallest absolute Gasteiger partial charge is 0.305 e. The van der Waals surface area contributed by atoms with E-state index in [0.717, 1.165) is 23.4 Å². The fraction of sp³-hybridized carbons (Fsp3) is 0.765. The fourth-order valence-corrected chi connectivity index (χ4v) is 5.50. The zero-order valence-electron chi connectivity index (χ0n) is 12.7. The Morgan fingerprint density at radius 3 is 2.48 bits per heavy atom. The van der Waals surface area contributed by atoms with Crippen LogP contribution in [0.5, 0.6) is 0 Å². The van der Waals surface area contributed by atoms with Crippen molar-refractivity contribution in [3.05, 3.63) is 17.7 Å². The Hall–Kier alpha value is -1.32. The molecule has 0 aliphatic heterocycles. The summed E-state index contributed by atoms with van der Waals surface area (Å²) in [6.45, 7) is 0. The van der Waals surface area contributed by atoms with Crippen molar-refractivity contribution in [2.24, 2.45) is 17.8 Å². The van der Waals surface area contributed by atoms with Crippen LogP contribution in [0.4, 0.5) is 0 Å². The molecule has 0 radical (unpaired) electrons. The normalized spacial score (nSPS) is 36.9. The quantitative estimate of drug-likeness (QED) is 0.867. The van der Waals surface area contributed by atoms with E-state index < -0.39 is 0 Å². The Morgan fingerprint density at radius 2 is 1.90 bits per heavy atom. The molecular formula is C17H24N2O2. The summed E-state index contributed by atoms with van der Waals surface area (Å²) >= 11 is 0. The van der Waals surface area contributed by atoms with E-state index >= 15 is 0 Å². The van der Waals surface area contributed by atoms with Gasteiger partial charge in [-0.2, -0.15) is 0 Å². The zero-order chi connectivity index (χ0) is 14.4. The van der Waals surface area contributed by atoms with Gasteiger partial charge >= 0.3 is 5.97 Å². The van der Waals surface area contributed by atoms with Gasteiger partial charge in [0.2, 0.25) is 0 Å². The molecule has 0 atom stereocenters. The van der Waals surface area contributed by atoms with Crippen LogP contribution in [-0.4, -0.2) is 23.0 Å². The maximum atomic E-state index is 11.3. The Morgan fingerprint density at radius 1 is 1.29 bits per heavy atom. The van der Waals surface area contributed by atoms with Gasteiger partial charge in [0.15, 0.2) is 0 Å². The summed E-state index contributed by atoms with van der Waals surface area (Å²) < 4.78 is 4.71.